The molecule has 7 heteroatoms. The van der Waals surface area contributed by atoms with Crippen LogP contribution in [0.3, 0.4) is 0 Å². The van der Waals surface area contributed by atoms with E-state index < -0.39 is 17.1 Å². The second-order valence-electron chi connectivity index (χ2n) is 14.1. The molecule has 0 aromatic carbocycles. The third-order valence-electron chi connectivity index (χ3n) is 12.2. The zero-order valence-corrected chi connectivity index (χ0v) is 25.0. The number of aliphatic hydroxyl groups excluding tert-OH is 1. The van der Waals surface area contributed by atoms with Gasteiger partial charge in [-0.1, -0.05) is 56.5 Å². The molecule has 6 nitrogen and oxygen atoms in total. The fourth-order valence-electron chi connectivity index (χ4n) is 10.1. The van der Waals surface area contributed by atoms with Crippen LogP contribution in [0.2, 0.25) is 0 Å². The highest BCUT2D eigenvalue weighted by molar-refractivity contribution is 8.14. The van der Waals surface area contributed by atoms with Crippen molar-refractivity contribution < 1.29 is 15.0 Å². The molecule has 1 aliphatic heterocycles. The largest absolute Gasteiger partial charge is 0.393 e. The monoisotopic (exact) mass is 563 g/mol. The number of hydrogen-bond donors (Lipinski definition) is 2. The highest BCUT2D eigenvalue weighted by Gasteiger charge is 2.68. The van der Waals surface area contributed by atoms with Gasteiger partial charge in [0.05, 0.1) is 34.8 Å². The molecule has 0 bridgehead atoms. The summed E-state index contributed by atoms with van der Waals surface area (Å²) >= 11 is 1.45. The number of fused-ring (bicyclic) bond motifs is 6. The summed E-state index contributed by atoms with van der Waals surface area (Å²) < 4.78 is 2.32. The molecule has 1 aromatic heterocycles. The van der Waals surface area contributed by atoms with Gasteiger partial charge in [-0.3, -0.25) is 14.5 Å². The number of carbonyl (C=O) groups is 1. The van der Waals surface area contributed by atoms with Gasteiger partial charge in [0.2, 0.25) is 0 Å². The lowest BCUT2D eigenvalue weighted by molar-refractivity contribution is -0.177. The Kier molecular flexibility index (Phi) is 6.75. The molecule has 2 heterocycles. The minimum absolute atomic E-state index is 0.0881. The molecule has 0 spiro atoms. The fraction of sp³-hybridized carbons (Fsp3) is 0.727. The van der Waals surface area contributed by atoms with E-state index in [-0.39, 0.29) is 28.8 Å². The number of aliphatic imine (C=N–C) groups is 1. The van der Waals surface area contributed by atoms with E-state index in [0.717, 1.165) is 43.7 Å². The molecule has 5 aliphatic carbocycles. The first-order valence-corrected chi connectivity index (χ1v) is 16.8. The number of aromatic nitrogens is 2. The first-order chi connectivity index (χ1) is 19.2. The van der Waals surface area contributed by atoms with Gasteiger partial charge < -0.3 is 10.2 Å². The molecular formula is C33H45N3O3S. The van der Waals surface area contributed by atoms with Crippen molar-refractivity contribution in [1.29, 1.82) is 0 Å². The Bertz CT molecular complexity index is 1280. The number of hydrogen-bond acceptors (Lipinski definition) is 6. The quantitative estimate of drug-likeness (QED) is 0.474. The van der Waals surface area contributed by atoms with Crippen LogP contribution in [0.25, 0.3) is 6.08 Å². The molecule has 1 aromatic rings. The van der Waals surface area contributed by atoms with E-state index in [4.69, 9.17) is 5.10 Å². The van der Waals surface area contributed by atoms with Crippen molar-refractivity contribution in [2.75, 3.05) is 12.3 Å². The molecule has 4 saturated carbocycles. The number of ketones is 1. The predicted octanol–water partition coefficient (Wildman–Crippen LogP) is 5.93. The molecule has 7 atom stereocenters. The Hall–Kier alpha value is -1.70. The van der Waals surface area contributed by atoms with Crippen molar-refractivity contribution in [3.8, 4) is 0 Å². The van der Waals surface area contributed by atoms with Crippen molar-refractivity contribution in [3.05, 3.63) is 35.2 Å². The molecule has 0 radical (unpaired) electrons. The van der Waals surface area contributed by atoms with Crippen LogP contribution >= 0.6 is 11.8 Å². The number of nitrogens with zero attached hydrogens (tertiary/aromatic N) is 3. The van der Waals surface area contributed by atoms with Gasteiger partial charge in [0.25, 0.3) is 0 Å². The molecule has 7 rings (SSSR count). The van der Waals surface area contributed by atoms with Crippen LogP contribution in [0, 0.1) is 28.6 Å². The van der Waals surface area contributed by atoms with Gasteiger partial charge in [0.15, 0.2) is 5.78 Å². The molecule has 40 heavy (non-hydrogen) atoms. The summed E-state index contributed by atoms with van der Waals surface area (Å²) in [5.74, 6) is 0.854. The number of dihydropyridines is 1. The third-order valence-corrected chi connectivity index (χ3v) is 13.1. The van der Waals surface area contributed by atoms with Crippen LogP contribution < -0.4 is 0 Å². The van der Waals surface area contributed by atoms with Gasteiger partial charge in [-0.05, 0) is 98.7 Å². The lowest BCUT2D eigenvalue weighted by Gasteiger charge is -2.60. The minimum Gasteiger partial charge on any atom is -0.393 e. The van der Waals surface area contributed by atoms with Crippen LogP contribution in [0.5, 0.6) is 0 Å². The van der Waals surface area contributed by atoms with Gasteiger partial charge in [-0.25, -0.2) is 0 Å². The van der Waals surface area contributed by atoms with Crippen LogP contribution in [-0.2, 0) is 11.2 Å². The molecule has 216 valence electrons. The molecule has 0 amide bonds. The molecule has 6 aliphatic rings. The average molecular weight is 564 g/mol. The van der Waals surface area contributed by atoms with Crippen molar-refractivity contribution in [1.82, 2.24) is 9.78 Å². The molecular weight excluding hydrogens is 518 g/mol. The number of Topliss-reactive ketones (excluding diaryl/α,β-unsaturated/α-hetero) is 1. The lowest BCUT2D eigenvalue weighted by Crippen LogP contribution is -2.62. The maximum absolute atomic E-state index is 13.6. The first-order valence-electron chi connectivity index (χ1n) is 15.8. The summed E-state index contributed by atoms with van der Waals surface area (Å²) in [6.07, 6.45) is 20.2. The summed E-state index contributed by atoms with van der Waals surface area (Å²) in [4.78, 5) is 18.2. The minimum atomic E-state index is -1.38. The number of thioether (sulfide) groups is 1. The number of rotatable bonds is 4. The smallest absolute Gasteiger partial charge is 0.175 e. The van der Waals surface area contributed by atoms with Gasteiger partial charge in [-0.15, -0.1) is 0 Å². The van der Waals surface area contributed by atoms with Crippen molar-refractivity contribution in [2.45, 2.75) is 109 Å². The van der Waals surface area contributed by atoms with Gasteiger partial charge >= 0.3 is 0 Å². The van der Waals surface area contributed by atoms with Crippen molar-refractivity contribution in [3.63, 3.8) is 0 Å². The zero-order chi connectivity index (χ0) is 27.7. The van der Waals surface area contributed by atoms with E-state index >= 15 is 0 Å². The topological polar surface area (TPSA) is 87.7 Å². The van der Waals surface area contributed by atoms with Crippen molar-refractivity contribution in [2.24, 2.45) is 33.6 Å². The van der Waals surface area contributed by atoms with E-state index in [1.807, 2.05) is 6.08 Å². The Labute approximate surface area is 242 Å². The van der Waals surface area contributed by atoms with Crippen molar-refractivity contribution >= 4 is 28.7 Å². The zero-order valence-electron chi connectivity index (χ0n) is 24.1. The van der Waals surface area contributed by atoms with E-state index in [1.165, 1.54) is 60.7 Å². The van der Waals surface area contributed by atoms with Gasteiger partial charge in [-0.2, -0.15) is 5.10 Å². The van der Waals surface area contributed by atoms with E-state index in [0.29, 0.717) is 24.8 Å². The summed E-state index contributed by atoms with van der Waals surface area (Å²) in [5, 5.41) is 29.8. The second kappa shape index (κ2) is 9.95. The Morgan fingerprint density at radius 1 is 1.18 bits per heavy atom. The molecule has 4 fully saturated rings. The Morgan fingerprint density at radius 2 is 2.00 bits per heavy atom. The van der Waals surface area contributed by atoms with Crippen LogP contribution in [0.1, 0.15) is 102 Å². The highest BCUT2D eigenvalue weighted by atomic mass is 32.2. The number of carbonyl (C=O) groups excluding carboxylic acids is 1. The normalized spacial score (nSPS) is 40.9. The maximum atomic E-state index is 13.6. The lowest BCUT2D eigenvalue weighted by atomic mass is 9.45. The standard InChI is InChI=1S/C33H45N3O3S/c1-31-17-21-19-35-36(23-8-4-3-5-9-23)26(21)16-22(31)11-12-24-25-13-14-33(39,32(25,2)18-27(37)30(24)31)28(38)20-40-29-10-6-7-15-34-29/h6,10,16,19,23-25,27,30,37,39H,3-5,7-9,11-15,17-18,20H2,1-2H3/t24?,25?,27-,30?,31?,32?,33-/m0/s1. The van der Waals surface area contributed by atoms with Crippen LogP contribution in [0.15, 0.2) is 28.9 Å². The van der Waals surface area contributed by atoms with E-state index in [9.17, 15) is 15.0 Å². The Balaban J connectivity index is 1.14. The second-order valence-corrected chi connectivity index (χ2v) is 15.1. The Morgan fingerprint density at radius 3 is 2.77 bits per heavy atom. The summed E-state index contributed by atoms with van der Waals surface area (Å²) in [6, 6.07) is 0.518. The van der Waals surface area contributed by atoms with E-state index in [1.54, 1.807) is 0 Å². The maximum Gasteiger partial charge on any atom is 0.175 e. The average Bonchev–Trinajstić information content (AvgIpc) is 3.48. The van der Waals surface area contributed by atoms with Gasteiger partial charge in [0.1, 0.15) is 5.60 Å². The summed E-state index contributed by atoms with van der Waals surface area (Å²) in [7, 11) is 0. The highest BCUT2D eigenvalue weighted by Crippen LogP contribution is 2.67. The summed E-state index contributed by atoms with van der Waals surface area (Å²) in [6.45, 7) is 5.25. The van der Waals surface area contributed by atoms with Gasteiger partial charge in [0, 0.05) is 12.0 Å². The predicted molar refractivity (Wildman–Crippen MR) is 160 cm³/mol. The number of allylic oxidation sites excluding steroid dienone is 1. The first kappa shape index (κ1) is 27.2. The summed E-state index contributed by atoms with van der Waals surface area (Å²) in [5.41, 5.74) is 2.02. The molecule has 2 N–H and O–H groups in total. The fourth-order valence-corrected chi connectivity index (χ4v) is 11.0. The SMILES string of the molecule is CC12Cc3cnn(C4CCCCC4)c3C=C1CCC1C2[C@@H](O)CC2(C)C1CC[C@]2(O)C(=O)CSC1=NCCC=C1. The van der Waals surface area contributed by atoms with Crippen LogP contribution in [-0.4, -0.2) is 54.8 Å². The molecule has 5 unspecified atom stereocenters. The third kappa shape index (κ3) is 4.00. The van der Waals surface area contributed by atoms with Crippen LogP contribution in [0.4, 0.5) is 0 Å². The van der Waals surface area contributed by atoms with E-state index in [2.05, 4.69) is 41.9 Å². The molecule has 0 saturated heterocycles. The number of aliphatic hydroxyl groups is 2.